The number of morpholine rings is 1. The molecule has 1 saturated carbocycles. The van der Waals surface area contributed by atoms with Crippen molar-refractivity contribution in [2.75, 3.05) is 31.6 Å². The molecule has 3 aromatic carbocycles. The number of nitrogens with zero attached hydrogens (tertiary/aromatic N) is 2. The molecule has 2 fully saturated rings. The minimum absolute atomic E-state index is 0.161. The van der Waals surface area contributed by atoms with Gasteiger partial charge in [-0.25, -0.2) is 4.79 Å². The first kappa shape index (κ1) is 24.1. The SMILES string of the molecule is O=C(Nc1ccc(-c2ccc(CN3CCOCC3)nc2)c2ccccc12)NC1CC1c1ccc(Br)cc1. The molecule has 1 aromatic heterocycles. The van der Waals surface area contributed by atoms with E-state index in [1.54, 1.807) is 0 Å². The van der Waals surface area contributed by atoms with Gasteiger partial charge >= 0.3 is 6.03 Å². The molecule has 2 amide bonds. The number of halogens is 1. The monoisotopic (exact) mass is 556 g/mol. The van der Waals surface area contributed by atoms with Gasteiger partial charge in [0.2, 0.25) is 0 Å². The highest BCUT2D eigenvalue weighted by atomic mass is 79.9. The van der Waals surface area contributed by atoms with Crippen molar-refractivity contribution in [3.8, 4) is 11.1 Å². The molecule has 1 saturated heterocycles. The van der Waals surface area contributed by atoms with E-state index in [0.29, 0.717) is 5.92 Å². The van der Waals surface area contributed by atoms with Crippen LogP contribution in [0.15, 0.2) is 83.5 Å². The number of carbonyl (C=O) groups is 1. The molecule has 0 bridgehead atoms. The quantitative estimate of drug-likeness (QED) is 0.298. The zero-order chi connectivity index (χ0) is 25.2. The summed E-state index contributed by atoms with van der Waals surface area (Å²) in [4.78, 5) is 20.0. The maximum absolute atomic E-state index is 12.8. The van der Waals surface area contributed by atoms with Crippen molar-refractivity contribution in [1.82, 2.24) is 15.2 Å². The van der Waals surface area contributed by atoms with Crippen molar-refractivity contribution in [2.24, 2.45) is 0 Å². The third-order valence-electron chi connectivity index (χ3n) is 7.20. The fourth-order valence-electron chi connectivity index (χ4n) is 5.09. The Kier molecular flexibility index (Phi) is 6.91. The van der Waals surface area contributed by atoms with Crippen LogP contribution in [0, 0.1) is 0 Å². The number of pyridine rings is 1. The predicted octanol–water partition coefficient (Wildman–Crippen LogP) is 6.17. The second-order valence-electron chi connectivity index (χ2n) is 9.73. The Labute approximate surface area is 225 Å². The number of benzene rings is 3. The van der Waals surface area contributed by atoms with Gasteiger partial charge in [-0.15, -0.1) is 0 Å². The number of ether oxygens (including phenoxy) is 1. The van der Waals surface area contributed by atoms with E-state index in [9.17, 15) is 4.79 Å². The van der Waals surface area contributed by atoms with Crippen LogP contribution in [0.25, 0.3) is 21.9 Å². The summed E-state index contributed by atoms with van der Waals surface area (Å²) in [5, 5.41) is 8.31. The summed E-state index contributed by atoms with van der Waals surface area (Å²) in [5.74, 6) is 0.372. The van der Waals surface area contributed by atoms with Crippen LogP contribution in [-0.2, 0) is 11.3 Å². The van der Waals surface area contributed by atoms with Gasteiger partial charge in [0.1, 0.15) is 0 Å². The number of carbonyl (C=O) groups excluding carboxylic acids is 1. The predicted molar refractivity (Wildman–Crippen MR) is 151 cm³/mol. The fourth-order valence-corrected chi connectivity index (χ4v) is 5.35. The summed E-state index contributed by atoms with van der Waals surface area (Å²) in [6, 6.07) is 24.8. The van der Waals surface area contributed by atoms with E-state index < -0.39 is 0 Å². The lowest BCUT2D eigenvalue weighted by molar-refractivity contribution is 0.0336. The van der Waals surface area contributed by atoms with E-state index in [2.05, 4.69) is 73.9 Å². The molecule has 6 nitrogen and oxygen atoms in total. The lowest BCUT2D eigenvalue weighted by atomic mass is 9.98. The lowest BCUT2D eigenvalue weighted by Crippen LogP contribution is -2.35. The van der Waals surface area contributed by atoms with Crippen molar-refractivity contribution in [3.05, 3.63) is 94.7 Å². The molecule has 188 valence electrons. The van der Waals surface area contributed by atoms with Gasteiger partial charge in [0.25, 0.3) is 0 Å². The summed E-state index contributed by atoms with van der Waals surface area (Å²) < 4.78 is 6.51. The number of nitrogens with one attached hydrogen (secondary N) is 2. The van der Waals surface area contributed by atoms with Crippen LogP contribution in [0.4, 0.5) is 10.5 Å². The van der Waals surface area contributed by atoms with E-state index in [-0.39, 0.29) is 12.1 Å². The Bertz CT molecular complexity index is 1400. The third kappa shape index (κ3) is 5.54. The smallest absolute Gasteiger partial charge is 0.319 e. The van der Waals surface area contributed by atoms with E-state index in [0.717, 1.165) is 77.0 Å². The Morgan fingerprint density at radius 1 is 0.973 bits per heavy atom. The van der Waals surface area contributed by atoms with Crippen molar-refractivity contribution >= 4 is 38.4 Å². The maximum Gasteiger partial charge on any atom is 0.319 e. The minimum atomic E-state index is -0.170. The summed E-state index contributed by atoms with van der Waals surface area (Å²) in [5.41, 5.74) is 5.28. The maximum atomic E-state index is 12.8. The number of amides is 2. The molecule has 2 atom stereocenters. The minimum Gasteiger partial charge on any atom is -0.379 e. The van der Waals surface area contributed by atoms with Gasteiger partial charge in [-0.1, -0.05) is 64.5 Å². The van der Waals surface area contributed by atoms with Gasteiger partial charge in [0, 0.05) is 53.2 Å². The summed E-state index contributed by atoms with van der Waals surface area (Å²) in [6.45, 7) is 4.30. The number of rotatable bonds is 6. The Morgan fingerprint density at radius 3 is 2.51 bits per heavy atom. The highest BCUT2D eigenvalue weighted by molar-refractivity contribution is 9.10. The number of hydrogen-bond acceptors (Lipinski definition) is 4. The van der Waals surface area contributed by atoms with E-state index in [1.165, 1.54) is 5.56 Å². The largest absolute Gasteiger partial charge is 0.379 e. The molecule has 2 aliphatic rings. The molecular formula is C30H29BrN4O2. The van der Waals surface area contributed by atoms with Crippen LogP contribution in [0.3, 0.4) is 0 Å². The molecule has 1 aliphatic heterocycles. The first-order chi connectivity index (χ1) is 18.1. The Hall–Kier alpha value is -3.26. The molecule has 1 aliphatic carbocycles. The first-order valence-corrected chi connectivity index (χ1v) is 13.5. The molecule has 2 unspecified atom stereocenters. The van der Waals surface area contributed by atoms with E-state index >= 15 is 0 Å². The highest BCUT2D eigenvalue weighted by Gasteiger charge is 2.39. The molecule has 0 radical (unpaired) electrons. The molecule has 6 rings (SSSR count). The van der Waals surface area contributed by atoms with Gasteiger partial charge in [0.15, 0.2) is 0 Å². The van der Waals surface area contributed by atoms with Crippen molar-refractivity contribution in [2.45, 2.75) is 24.9 Å². The topological polar surface area (TPSA) is 66.5 Å². The average molecular weight is 557 g/mol. The number of fused-ring (bicyclic) bond motifs is 1. The van der Waals surface area contributed by atoms with Crippen LogP contribution in [0.2, 0.25) is 0 Å². The fraction of sp³-hybridized carbons (Fsp3) is 0.267. The van der Waals surface area contributed by atoms with Crippen LogP contribution in [0.5, 0.6) is 0 Å². The summed E-state index contributed by atoms with van der Waals surface area (Å²) in [6.07, 6.45) is 2.91. The second kappa shape index (κ2) is 10.6. The van der Waals surface area contributed by atoms with Gasteiger partial charge in [0.05, 0.1) is 24.6 Å². The van der Waals surface area contributed by atoms with Crippen molar-refractivity contribution in [3.63, 3.8) is 0 Å². The van der Waals surface area contributed by atoms with Gasteiger partial charge in [-0.3, -0.25) is 9.88 Å². The average Bonchev–Trinajstić information content (AvgIpc) is 3.69. The third-order valence-corrected chi connectivity index (χ3v) is 7.73. The zero-order valence-corrected chi connectivity index (χ0v) is 22.1. The Morgan fingerprint density at radius 2 is 1.76 bits per heavy atom. The number of hydrogen-bond donors (Lipinski definition) is 2. The van der Waals surface area contributed by atoms with Gasteiger partial charge < -0.3 is 15.4 Å². The van der Waals surface area contributed by atoms with Gasteiger partial charge in [-0.2, -0.15) is 0 Å². The van der Waals surface area contributed by atoms with Gasteiger partial charge in [-0.05, 0) is 47.2 Å². The highest BCUT2D eigenvalue weighted by Crippen LogP contribution is 2.41. The molecule has 2 heterocycles. The van der Waals surface area contributed by atoms with E-state index in [4.69, 9.17) is 9.72 Å². The zero-order valence-electron chi connectivity index (χ0n) is 20.5. The standard InChI is InChI=1S/C30H29BrN4O2/c31-22-8-5-20(6-9-22)27-17-29(27)34-30(36)33-28-12-11-24(25-3-1-2-4-26(25)28)21-7-10-23(32-18-21)19-35-13-15-37-16-14-35/h1-12,18,27,29H,13-17,19H2,(H2,33,34,36). The lowest BCUT2D eigenvalue weighted by Gasteiger charge is -2.26. The van der Waals surface area contributed by atoms with Crippen molar-refractivity contribution < 1.29 is 9.53 Å². The number of aromatic nitrogens is 1. The van der Waals surface area contributed by atoms with Crippen LogP contribution in [0.1, 0.15) is 23.6 Å². The summed E-state index contributed by atoms with van der Waals surface area (Å²) >= 11 is 3.48. The second-order valence-corrected chi connectivity index (χ2v) is 10.6. The first-order valence-electron chi connectivity index (χ1n) is 12.7. The van der Waals surface area contributed by atoms with Crippen LogP contribution in [-0.4, -0.2) is 48.3 Å². The Balaban J connectivity index is 1.15. The van der Waals surface area contributed by atoms with Crippen LogP contribution >= 0.6 is 15.9 Å². The molecular weight excluding hydrogens is 528 g/mol. The molecule has 2 N–H and O–H groups in total. The normalized spacial score (nSPS) is 19.5. The number of anilines is 1. The molecule has 4 aromatic rings. The molecule has 37 heavy (non-hydrogen) atoms. The molecule has 7 heteroatoms. The molecule has 0 spiro atoms. The van der Waals surface area contributed by atoms with E-state index in [1.807, 2.05) is 36.5 Å². The number of urea groups is 1. The summed E-state index contributed by atoms with van der Waals surface area (Å²) in [7, 11) is 0. The van der Waals surface area contributed by atoms with Crippen LogP contribution < -0.4 is 10.6 Å². The van der Waals surface area contributed by atoms with Crippen molar-refractivity contribution in [1.29, 1.82) is 0 Å².